The number of alkyl halides is 1. The molecule has 6 N–H and O–H groups in total. The van der Waals surface area contributed by atoms with E-state index in [1.807, 2.05) is 0 Å². The van der Waals surface area contributed by atoms with Crippen LogP contribution in [0.1, 0.15) is 6.92 Å². The van der Waals surface area contributed by atoms with Gasteiger partial charge in [0.05, 0.1) is 13.2 Å². The number of ether oxygens (including phenoxy) is 1. The number of nitrogens with zero attached hydrogens (tertiary/aromatic N) is 2. The van der Waals surface area contributed by atoms with Gasteiger partial charge in [0.15, 0.2) is 18.0 Å². The van der Waals surface area contributed by atoms with Crippen molar-refractivity contribution in [2.75, 3.05) is 13.2 Å². The van der Waals surface area contributed by atoms with Crippen molar-refractivity contribution in [3.05, 3.63) is 23.4 Å². The van der Waals surface area contributed by atoms with Crippen LogP contribution in [0.4, 0.5) is 4.39 Å². The number of rotatable bonds is 6. The maximum Gasteiger partial charge on any atom is 0.225 e. The molecule has 1 amide bonds. The summed E-state index contributed by atoms with van der Waals surface area (Å²) >= 11 is 4.14. The molecule has 4 atom stereocenters. The number of carbonyl (C=O) groups excluding carboxylic acids is 1. The van der Waals surface area contributed by atoms with Crippen LogP contribution in [0.15, 0.2) is 28.4 Å². The van der Waals surface area contributed by atoms with Gasteiger partial charge in [0, 0.05) is 11.8 Å². The number of guanidine groups is 1. The van der Waals surface area contributed by atoms with E-state index in [1.165, 1.54) is 13.0 Å². The van der Waals surface area contributed by atoms with Gasteiger partial charge >= 0.3 is 0 Å². The fraction of sp³-hybridized carbons (Fsp3) is 0.538. The first-order valence-corrected chi connectivity index (χ1v) is 7.19. The third-order valence-corrected chi connectivity index (χ3v) is 3.63. The Morgan fingerprint density at radius 3 is 2.52 bits per heavy atom. The number of halogens is 1. The van der Waals surface area contributed by atoms with E-state index in [0.29, 0.717) is 0 Å². The molecule has 1 rings (SSSR count). The topological polar surface area (TPSA) is 134 Å². The summed E-state index contributed by atoms with van der Waals surface area (Å²) in [6.45, 7) is 3.95. The average molecular weight is 348 g/mol. The standard InChI is InChI=1S/C13H21FN4O4S/c1-3-9(23)12(17-13(15)16)18(6(2)20)4-7-11(21)10(14)8(5-19)22-7/h3,7-8,10-11,19,21,23H,1,4-5H2,2H3,(H4,15,16,17)/b12-9-/t7-,8+,10-,11-/m0/s1. The molecule has 10 heteroatoms. The number of amides is 1. The first kappa shape index (κ1) is 19.4. The van der Waals surface area contributed by atoms with Crippen LogP contribution in [0.2, 0.25) is 0 Å². The maximum absolute atomic E-state index is 13.8. The minimum absolute atomic E-state index is 0.00510. The summed E-state index contributed by atoms with van der Waals surface area (Å²) in [6.07, 6.45) is -4.15. The Kier molecular flexibility index (Phi) is 7.01. The highest BCUT2D eigenvalue weighted by Gasteiger charge is 2.45. The normalized spacial score (nSPS) is 28.0. The Labute approximate surface area is 138 Å². The Morgan fingerprint density at radius 1 is 1.52 bits per heavy atom. The number of thiol groups is 1. The SMILES string of the molecule is C=C/C(S)=C(\N=C(N)N)N(C[C@@H]1O[C@H](CO)[C@H](F)[C@H]1O)C(C)=O. The van der Waals surface area contributed by atoms with E-state index in [0.717, 1.165) is 4.90 Å². The summed E-state index contributed by atoms with van der Waals surface area (Å²) in [4.78, 5) is 17.0. The average Bonchev–Trinajstić information content (AvgIpc) is 2.76. The molecule has 0 unspecified atom stereocenters. The van der Waals surface area contributed by atoms with Crippen LogP contribution < -0.4 is 11.5 Å². The molecule has 0 saturated carbocycles. The monoisotopic (exact) mass is 348 g/mol. The Hall–Kier alpha value is -1.62. The molecule has 1 aliphatic heterocycles. The van der Waals surface area contributed by atoms with Crippen LogP contribution >= 0.6 is 12.6 Å². The summed E-state index contributed by atoms with van der Waals surface area (Å²) in [5, 5.41) is 18.9. The van der Waals surface area contributed by atoms with E-state index in [2.05, 4.69) is 24.2 Å². The van der Waals surface area contributed by atoms with Gasteiger partial charge in [0.1, 0.15) is 18.3 Å². The second-order valence-corrected chi connectivity index (χ2v) is 5.39. The molecule has 130 valence electrons. The fourth-order valence-electron chi connectivity index (χ4n) is 2.11. The van der Waals surface area contributed by atoms with Crippen molar-refractivity contribution in [3.8, 4) is 0 Å². The zero-order chi connectivity index (χ0) is 17.7. The smallest absolute Gasteiger partial charge is 0.225 e. The van der Waals surface area contributed by atoms with Crippen LogP contribution in [-0.2, 0) is 9.53 Å². The quantitative estimate of drug-likeness (QED) is 0.178. The molecule has 0 aromatic heterocycles. The molecule has 1 aliphatic rings. The molecule has 1 fully saturated rings. The summed E-state index contributed by atoms with van der Waals surface area (Å²) in [6, 6.07) is 0. The third kappa shape index (κ3) is 4.67. The number of aliphatic imine (C=N–C) groups is 1. The molecular weight excluding hydrogens is 327 g/mol. The van der Waals surface area contributed by atoms with Gasteiger partial charge < -0.3 is 26.4 Å². The van der Waals surface area contributed by atoms with E-state index in [9.17, 15) is 14.3 Å². The maximum atomic E-state index is 13.8. The minimum Gasteiger partial charge on any atom is -0.394 e. The number of hydrogen-bond donors (Lipinski definition) is 5. The molecule has 0 aromatic rings. The molecule has 23 heavy (non-hydrogen) atoms. The Balaban J connectivity index is 3.10. The van der Waals surface area contributed by atoms with E-state index >= 15 is 0 Å². The highest BCUT2D eigenvalue weighted by atomic mass is 32.1. The van der Waals surface area contributed by atoms with E-state index in [1.54, 1.807) is 0 Å². The third-order valence-electron chi connectivity index (χ3n) is 3.25. The van der Waals surface area contributed by atoms with Crippen LogP contribution in [-0.4, -0.2) is 64.6 Å². The number of nitrogens with two attached hydrogens (primary N) is 2. The van der Waals surface area contributed by atoms with Crippen molar-refractivity contribution in [2.24, 2.45) is 16.5 Å². The van der Waals surface area contributed by atoms with Gasteiger partial charge in [-0.05, 0) is 0 Å². The Morgan fingerprint density at radius 2 is 2.13 bits per heavy atom. The first-order chi connectivity index (χ1) is 10.7. The fourth-order valence-corrected chi connectivity index (χ4v) is 2.28. The highest BCUT2D eigenvalue weighted by molar-refractivity contribution is 7.84. The number of aliphatic hydroxyl groups excluding tert-OH is 2. The molecule has 0 aromatic carbocycles. The highest BCUT2D eigenvalue weighted by Crippen LogP contribution is 2.26. The molecule has 1 heterocycles. The van der Waals surface area contributed by atoms with Gasteiger partial charge in [-0.3, -0.25) is 9.69 Å². The molecule has 0 aliphatic carbocycles. The number of aliphatic hydroxyl groups is 2. The van der Waals surface area contributed by atoms with Crippen LogP contribution in [0, 0.1) is 0 Å². The molecule has 0 spiro atoms. The van der Waals surface area contributed by atoms with Gasteiger partial charge in [-0.2, -0.15) is 4.99 Å². The molecule has 8 nitrogen and oxygen atoms in total. The van der Waals surface area contributed by atoms with Crippen LogP contribution in [0.25, 0.3) is 0 Å². The number of allylic oxidation sites excluding steroid dienone is 1. The minimum atomic E-state index is -1.76. The lowest BCUT2D eigenvalue weighted by Crippen LogP contribution is -2.41. The van der Waals surface area contributed by atoms with Crippen molar-refractivity contribution >= 4 is 24.5 Å². The van der Waals surface area contributed by atoms with E-state index in [4.69, 9.17) is 21.3 Å². The van der Waals surface area contributed by atoms with Crippen molar-refractivity contribution in [2.45, 2.75) is 31.4 Å². The molecule has 0 radical (unpaired) electrons. The van der Waals surface area contributed by atoms with Crippen LogP contribution in [0.5, 0.6) is 0 Å². The lowest BCUT2D eigenvalue weighted by molar-refractivity contribution is -0.129. The zero-order valence-corrected chi connectivity index (χ0v) is 13.5. The van der Waals surface area contributed by atoms with E-state index < -0.39 is 37.0 Å². The van der Waals surface area contributed by atoms with E-state index in [-0.39, 0.29) is 23.2 Å². The number of hydrogen-bond acceptors (Lipinski definition) is 6. The summed E-state index contributed by atoms with van der Waals surface area (Å²) in [5.41, 5.74) is 10.7. The zero-order valence-electron chi connectivity index (χ0n) is 12.6. The summed E-state index contributed by atoms with van der Waals surface area (Å²) < 4.78 is 19.0. The van der Waals surface area contributed by atoms with Crippen molar-refractivity contribution < 1.29 is 24.1 Å². The van der Waals surface area contributed by atoms with Gasteiger partial charge in [-0.15, -0.1) is 12.6 Å². The van der Waals surface area contributed by atoms with Crippen molar-refractivity contribution in [1.82, 2.24) is 4.90 Å². The summed E-state index contributed by atoms with van der Waals surface area (Å²) in [7, 11) is 0. The first-order valence-electron chi connectivity index (χ1n) is 6.74. The van der Waals surface area contributed by atoms with Crippen LogP contribution in [0.3, 0.4) is 0 Å². The number of carbonyl (C=O) groups is 1. The second-order valence-electron chi connectivity index (χ2n) is 4.91. The lowest BCUT2D eigenvalue weighted by atomic mass is 10.1. The van der Waals surface area contributed by atoms with Crippen molar-refractivity contribution in [1.29, 1.82) is 0 Å². The van der Waals surface area contributed by atoms with Crippen molar-refractivity contribution in [3.63, 3.8) is 0 Å². The van der Waals surface area contributed by atoms with Gasteiger partial charge in [-0.1, -0.05) is 12.7 Å². The molecule has 0 bridgehead atoms. The predicted octanol–water partition coefficient (Wildman–Crippen LogP) is -1.15. The van der Waals surface area contributed by atoms with Gasteiger partial charge in [-0.25, -0.2) is 4.39 Å². The predicted molar refractivity (Wildman–Crippen MR) is 86.1 cm³/mol. The van der Waals surface area contributed by atoms with Gasteiger partial charge in [0.25, 0.3) is 0 Å². The lowest BCUT2D eigenvalue weighted by Gasteiger charge is -2.26. The molecular formula is C13H21FN4O4S. The second kappa shape index (κ2) is 8.29. The van der Waals surface area contributed by atoms with Gasteiger partial charge in [0.2, 0.25) is 5.91 Å². The Bertz CT molecular complexity index is 524. The largest absolute Gasteiger partial charge is 0.394 e. The summed E-state index contributed by atoms with van der Waals surface area (Å²) in [5.74, 6) is -0.796. The molecule has 1 saturated heterocycles.